The van der Waals surface area contributed by atoms with Crippen molar-refractivity contribution in [1.82, 2.24) is 0 Å². The molecule has 2 aromatic rings. The van der Waals surface area contributed by atoms with Crippen molar-refractivity contribution in [2.75, 3.05) is 17.5 Å². The second-order valence-electron chi connectivity index (χ2n) is 4.36. The summed E-state index contributed by atoms with van der Waals surface area (Å²) in [5.41, 5.74) is -0.0993. The van der Waals surface area contributed by atoms with Crippen LogP contribution in [0.25, 0.3) is 0 Å². The first kappa shape index (κ1) is 16.3. The molecule has 0 saturated heterocycles. The standard InChI is InChI=1S/C14H12F3NO3S/c15-10-2-1-3-12(8-10)18(6-7-19)22(20,21)14-9-11(16)4-5-13(14)17/h1-5,8-9,19H,6-7H2. The highest BCUT2D eigenvalue weighted by atomic mass is 32.2. The number of aliphatic hydroxyl groups is 1. The van der Waals surface area contributed by atoms with E-state index in [2.05, 4.69) is 0 Å². The molecular weight excluding hydrogens is 319 g/mol. The summed E-state index contributed by atoms with van der Waals surface area (Å²) in [6.45, 7) is -1.01. The van der Waals surface area contributed by atoms with Gasteiger partial charge in [-0.05, 0) is 36.4 Å². The van der Waals surface area contributed by atoms with Crippen LogP contribution < -0.4 is 4.31 Å². The van der Waals surface area contributed by atoms with Crippen LogP contribution in [0.1, 0.15) is 0 Å². The molecule has 0 heterocycles. The van der Waals surface area contributed by atoms with Crippen molar-refractivity contribution in [3.8, 4) is 0 Å². The maximum atomic E-state index is 13.8. The summed E-state index contributed by atoms with van der Waals surface area (Å²) in [4.78, 5) is -0.884. The van der Waals surface area contributed by atoms with E-state index in [1.807, 2.05) is 0 Å². The molecule has 1 N–H and O–H groups in total. The van der Waals surface area contributed by atoms with E-state index in [-0.39, 0.29) is 5.69 Å². The zero-order valence-electron chi connectivity index (χ0n) is 11.2. The first-order chi connectivity index (χ1) is 10.4. The van der Waals surface area contributed by atoms with Gasteiger partial charge in [0.2, 0.25) is 0 Å². The summed E-state index contributed by atoms with van der Waals surface area (Å²) in [5, 5.41) is 9.03. The predicted molar refractivity (Wildman–Crippen MR) is 74.4 cm³/mol. The molecule has 0 aliphatic carbocycles. The maximum Gasteiger partial charge on any atom is 0.267 e. The van der Waals surface area contributed by atoms with Crippen LogP contribution in [0, 0.1) is 17.5 Å². The predicted octanol–water partition coefficient (Wildman–Crippen LogP) is 2.29. The van der Waals surface area contributed by atoms with Crippen molar-refractivity contribution in [2.45, 2.75) is 4.90 Å². The van der Waals surface area contributed by atoms with Crippen LogP contribution in [0.2, 0.25) is 0 Å². The number of aliphatic hydroxyl groups excluding tert-OH is 1. The van der Waals surface area contributed by atoms with E-state index < -0.39 is 45.5 Å². The molecule has 0 spiro atoms. The van der Waals surface area contributed by atoms with E-state index in [1.165, 1.54) is 12.1 Å². The normalized spacial score (nSPS) is 11.5. The average Bonchev–Trinajstić information content (AvgIpc) is 2.47. The van der Waals surface area contributed by atoms with Crippen LogP contribution in [0.15, 0.2) is 47.4 Å². The maximum absolute atomic E-state index is 13.8. The number of sulfonamides is 1. The van der Waals surface area contributed by atoms with Crippen molar-refractivity contribution >= 4 is 15.7 Å². The molecule has 118 valence electrons. The van der Waals surface area contributed by atoms with Gasteiger partial charge in [0, 0.05) is 0 Å². The van der Waals surface area contributed by atoms with Crippen molar-refractivity contribution in [3.05, 3.63) is 59.9 Å². The molecule has 0 amide bonds. The second kappa shape index (κ2) is 6.37. The Kier molecular flexibility index (Phi) is 4.72. The molecule has 22 heavy (non-hydrogen) atoms. The molecule has 8 heteroatoms. The number of anilines is 1. The lowest BCUT2D eigenvalue weighted by molar-refractivity contribution is 0.306. The Labute approximate surface area is 125 Å². The number of hydrogen-bond donors (Lipinski definition) is 1. The highest BCUT2D eigenvalue weighted by molar-refractivity contribution is 7.92. The third-order valence-corrected chi connectivity index (χ3v) is 4.70. The van der Waals surface area contributed by atoms with E-state index in [0.29, 0.717) is 16.4 Å². The fourth-order valence-electron chi connectivity index (χ4n) is 1.90. The minimum absolute atomic E-state index is 0.0993. The van der Waals surface area contributed by atoms with Crippen molar-refractivity contribution < 1.29 is 26.7 Å². The number of hydrogen-bond acceptors (Lipinski definition) is 3. The van der Waals surface area contributed by atoms with Gasteiger partial charge in [-0.1, -0.05) is 6.07 Å². The SMILES string of the molecule is O=S(=O)(c1cc(F)ccc1F)N(CCO)c1cccc(F)c1. The second-order valence-corrected chi connectivity index (χ2v) is 6.19. The van der Waals surface area contributed by atoms with Crippen LogP contribution in [0.3, 0.4) is 0 Å². The molecule has 0 atom stereocenters. The van der Waals surface area contributed by atoms with Gasteiger partial charge in [-0.3, -0.25) is 4.31 Å². The van der Waals surface area contributed by atoms with Gasteiger partial charge in [0.1, 0.15) is 22.3 Å². The van der Waals surface area contributed by atoms with Gasteiger partial charge in [0.15, 0.2) is 0 Å². The minimum atomic E-state index is -4.49. The third-order valence-electron chi connectivity index (χ3n) is 2.86. The molecule has 0 aliphatic rings. The van der Waals surface area contributed by atoms with E-state index in [0.717, 1.165) is 18.2 Å². The summed E-state index contributed by atoms with van der Waals surface area (Å²) in [5.74, 6) is -2.76. The van der Waals surface area contributed by atoms with Gasteiger partial charge < -0.3 is 5.11 Å². The fraction of sp³-hybridized carbons (Fsp3) is 0.143. The quantitative estimate of drug-likeness (QED) is 0.914. The Hall–Kier alpha value is -2.06. The van der Waals surface area contributed by atoms with Crippen LogP contribution in [0.5, 0.6) is 0 Å². The molecule has 0 unspecified atom stereocenters. The summed E-state index contributed by atoms with van der Waals surface area (Å²) >= 11 is 0. The lowest BCUT2D eigenvalue weighted by atomic mass is 10.3. The zero-order valence-corrected chi connectivity index (χ0v) is 12.0. The van der Waals surface area contributed by atoms with Gasteiger partial charge in [-0.25, -0.2) is 21.6 Å². The zero-order chi connectivity index (χ0) is 16.3. The smallest absolute Gasteiger partial charge is 0.267 e. The molecule has 2 rings (SSSR count). The van der Waals surface area contributed by atoms with E-state index in [4.69, 9.17) is 5.11 Å². The molecule has 0 aromatic heterocycles. The summed E-state index contributed by atoms with van der Waals surface area (Å²) in [6.07, 6.45) is 0. The van der Waals surface area contributed by atoms with Gasteiger partial charge in [-0.15, -0.1) is 0 Å². The van der Waals surface area contributed by atoms with Crippen LogP contribution in [-0.4, -0.2) is 26.7 Å². The number of benzene rings is 2. The first-order valence-electron chi connectivity index (χ1n) is 6.20. The molecule has 0 fully saturated rings. The summed E-state index contributed by atoms with van der Waals surface area (Å²) in [6, 6.07) is 6.59. The van der Waals surface area contributed by atoms with Crippen LogP contribution >= 0.6 is 0 Å². The minimum Gasteiger partial charge on any atom is -0.394 e. The van der Waals surface area contributed by atoms with Crippen molar-refractivity contribution in [3.63, 3.8) is 0 Å². The molecule has 0 aliphatic heterocycles. The lowest BCUT2D eigenvalue weighted by Crippen LogP contribution is -2.34. The highest BCUT2D eigenvalue weighted by Crippen LogP contribution is 2.26. The fourth-order valence-corrected chi connectivity index (χ4v) is 3.43. The Morgan fingerprint density at radius 3 is 2.32 bits per heavy atom. The van der Waals surface area contributed by atoms with Crippen molar-refractivity contribution in [1.29, 1.82) is 0 Å². The molecule has 0 bridgehead atoms. The van der Waals surface area contributed by atoms with E-state index >= 15 is 0 Å². The monoisotopic (exact) mass is 331 g/mol. The van der Waals surface area contributed by atoms with Crippen LogP contribution in [-0.2, 0) is 10.0 Å². The molecule has 2 aromatic carbocycles. The summed E-state index contributed by atoms with van der Waals surface area (Å²) < 4.78 is 65.9. The van der Waals surface area contributed by atoms with Crippen molar-refractivity contribution in [2.24, 2.45) is 0 Å². The lowest BCUT2D eigenvalue weighted by Gasteiger charge is -2.24. The molecular formula is C14H12F3NO3S. The molecule has 4 nitrogen and oxygen atoms in total. The van der Waals surface area contributed by atoms with E-state index in [9.17, 15) is 21.6 Å². The Bertz CT molecular complexity index is 781. The van der Waals surface area contributed by atoms with Gasteiger partial charge >= 0.3 is 0 Å². The Morgan fingerprint density at radius 2 is 1.68 bits per heavy atom. The topological polar surface area (TPSA) is 57.6 Å². The molecule has 0 saturated carbocycles. The summed E-state index contributed by atoms with van der Waals surface area (Å²) in [7, 11) is -4.49. The highest BCUT2D eigenvalue weighted by Gasteiger charge is 2.28. The van der Waals surface area contributed by atoms with Gasteiger partial charge in [-0.2, -0.15) is 0 Å². The van der Waals surface area contributed by atoms with Crippen LogP contribution in [0.4, 0.5) is 18.9 Å². The van der Waals surface area contributed by atoms with Gasteiger partial charge in [0.05, 0.1) is 18.8 Å². The molecule has 0 radical (unpaired) electrons. The number of halogens is 3. The number of nitrogens with zero attached hydrogens (tertiary/aromatic N) is 1. The Balaban J connectivity index is 2.58. The van der Waals surface area contributed by atoms with Gasteiger partial charge in [0.25, 0.3) is 10.0 Å². The van der Waals surface area contributed by atoms with E-state index in [1.54, 1.807) is 0 Å². The number of rotatable bonds is 5. The Morgan fingerprint density at radius 1 is 1.00 bits per heavy atom. The first-order valence-corrected chi connectivity index (χ1v) is 7.64. The third kappa shape index (κ3) is 3.23. The largest absolute Gasteiger partial charge is 0.394 e. The average molecular weight is 331 g/mol.